The maximum atomic E-state index is 12.4. The fourth-order valence-corrected chi connectivity index (χ4v) is 2.99. The lowest BCUT2D eigenvalue weighted by molar-refractivity contribution is -0.143. The number of ether oxygens (including phenoxy) is 3. The van der Waals surface area contributed by atoms with Crippen LogP contribution in [0.15, 0.2) is 66.4 Å². The summed E-state index contributed by atoms with van der Waals surface area (Å²) in [7, 11) is 2.35. The van der Waals surface area contributed by atoms with Gasteiger partial charge >= 0.3 is 11.9 Å². The van der Waals surface area contributed by atoms with E-state index in [1.807, 2.05) is 0 Å². The van der Waals surface area contributed by atoms with Crippen LogP contribution in [0.1, 0.15) is 15.9 Å². The number of nitrogens with zero attached hydrogens (tertiary/aromatic N) is 1. The molecule has 0 aliphatic carbocycles. The number of carbonyl (C=O) groups is 3. The molecule has 0 aliphatic heterocycles. The highest BCUT2D eigenvalue weighted by molar-refractivity contribution is 6.42. The standard InChI is InChI=1S/C24H18Cl2N2O6/c1-32-23(30)18(24(31)33-2)11-14-3-7-17(8-4-14)34-21-10-6-16(13-27-21)28-22(29)15-5-9-19(25)20(26)12-15/h3-13H,1-2H3,(H,28,29). The van der Waals surface area contributed by atoms with Gasteiger partial charge in [0.05, 0.1) is 36.1 Å². The summed E-state index contributed by atoms with van der Waals surface area (Å²) in [4.78, 5) is 40.1. The molecule has 0 unspecified atom stereocenters. The smallest absolute Gasteiger partial charge is 0.345 e. The number of anilines is 1. The first kappa shape index (κ1) is 24.8. The topological polar surface area (TPSA) is 104 Å². The molecule has 10 heteroatoms. The fourth-order valence-electron chi connectivity index (χ4n) is 2.70. The molecular formula is C24H18Cl2N2O6. The predicted octanol–water partition coefficient (Wildman–Crippen LogP) is 5.16. The van der Waals surface area contributed by atoms with E-state index in [4.69, 9.17) is 27.9 Å². The van der Waals surface area contributed by atoms with E-state index in [0.717, 1.165) is 0 Å². The molecule has 0 saturated heterocycles. The van der Waals surface area contributed by atoms with Crippen LogP contribution in [0.3, 0.4) is 0 Å². The normalized spacial score (nSPS) is 10.1. The molecule has 1 amide bonds. The minimum absolute atomic E-state index is 0.237. The molecule has 8 nitrogen and oxygen atoms in total. The average molecular weight is 501 g/mol. The Kier molecular flexibility index (Phi) is 8.24. The van der Waals surface area contributed by atoms with E-state index in [1.54, 1.807) is 48.5 Å². The van der Waals surface area contributed by atoms with Gasteiger partial charge in [-0.2, -0.15) is 0 Å². The van der Waals surface area contributed by atoms with E-state index in [9.17, 15) is 14.4 Å². The second kappa shape index (κ2) is 11.3. The van der Waals surface area contributed by atoms with Crippen LogP contribution in [0, 0.1) is 0 Å². The van der Waals surface area contributed by atoms with Crippen molar-refractivity contribution >= 4 is 52.8 Å². The molecule has 2 aromatic carbocycles. The van der Waals surface area contributed by atoms with Gasteiger partial charge in [0.25, 0.3) is 5.91 Å². The molecule has 0 bridgehead atoms. The minimum atomic E-state index is -0.803. The molecule has 0 spiro atoms. The van der Waals surface area contributed by atoms with Crippen LogP contribution in [-0.4, -0.2) is 37.0 Å². The highest BCUT2D eigenvalue weighted by Crippen LogP contribution is 2.24. The molecule has 1 heterocycles. The Bertz CT molecular complexity index is 1220. The van der Waals surface area contributed by atoms with Crippen molar-refractivity contribution in [1.82, 2.24) is 4.98 Å². The Morgan fingerprint density at radius 1 is 0.882 bits per heavy atom. The number of benzene rings is 2. The molecule has 0 radical (unpaired) electrons. The van der Waals surface area contributed by atoms with Crippen molar-refractivity contribution in [2.24, 2.45) is 0 Å². The number of methoxy groups -OCH3 is 2. The fraction of sp³-hybridized carbons (Fsp3) is 0.0833. The van der Waals surface area contributed by atoms with Gasteiger partial charge in [-0.1, -0.05) is 35.3 Å². The van der Waals surface area contributed by atoms with E-state index >= 15 is 0 Å². The van der Waals surface area contributed by atoms with E-state index in [2.05, 4.69) is 19.8 Å². The summed E-state index contributed by atoms with van der Waals surface area (Å²) in [6.45, 7) is 0. The van der Waals surface area contributed by atoms with E-state index in [0.29, 0.717) is 33.5 Å². The van der Waals surface area contributed by atoms with Crippen molar-refractivity contribution in [2.45, 2.75) is 0 Å². The molecule has 0 aliphatic rings. The Labute approximate surface area is 205 Å². The monoisotopic (exact) mass is 500 g/mol. The highest BCUT2D eigenvalue weighted by Gasteiger charge is 2.19. The van der Waals surface area contributed by atoms with Gasteiger partial charge in [0.15, 0.2) is 0 Å². The number of hydrogen-bond donors (Lipinski definition) is 1. The Morgan fingerprint density at radius 2 is 1.56 bits per heavy atom. The Hall–Kier alpha value is -3.88. The van der Waals surface area contributed by atoms with Gasteiger partial charge in [0.1, 0.15) is 11.3 Å². The minimum Gasteiger partial charge on any atom is -0.465 e. The van der Waals surface area contributed by atoms with Crippen LogP contribution in [-0.2, 0) is 19.1 Å². The molecule has 0 saturated carbocycles. The van der Waals surface area contributed by atoms with E-state index in [1.165, 1.54) is 32.6 Å². The number of halogens is 2. The summed E-state index contributed by atoms with van der Waals surface area (Å²) in [6, 6.07) is 14.4. The first-order valence-electron chi connectivity index (χ1n) is 9.69. The van der Waals surface area contributed by atoms with Gasteiger partial charge in [0, 0.05) is 11.6 Å². The SMILES string of the molecule is COC(=O)C(=Cc1ccc(Oc2ccc(NC(=O)c3ccc(Cl)c(Cl)c3)cn2)cc1)C(=O)OC. The van der Waals surface area contributed by atoms with Gasteiger partial charge < -0.3 is 19.5 Å². The third-order valence-corrected chi connectivity index (χ3v) is 5.14. The van der Waals surface area contributed by atoms with Crippen LogP contribution >= 0.6 is 23.2 Å². The number of carbonyl (C=O) groups excluding carboxylic acids is 3. The number of amides is 1. The maximum Gasteiger partial charge on any atom is 0.345 e. The Morgan fingerprint density at radius 3 is 2.12 bits per heavy atom. The van der Waals surface area contributed by atoms with Crippen LogP contribution in [0.5, 0.6) is 11.6 Å². The number of aromatic nitrogens is 1. The highest BCUT2D eigenvalue weighted by atomic mass is 35.5. The first-order valence-corrected chi connectivity index (χ1v) is 10.4. The zero-order valence-electron chi connectivity index (χ0n) is 18.0. The summed E-state index contributed by atoms with van der Waals surface area (Å²) in [5.74, 6) is -1.21. The molecule has 3 rings (SSSR count). The molecule has 0 atom stereocenters. The van der Waals surface area contributed by atoms with Crippen molar-refractivity contribution in [3.8, 4) is 11.6 Å². The molecule has 34 heavy (non-hydrogen) atoms. The van der Waals surface area contributed by atoms with Gasteiger partial charge in [-0.25, -0.2) is 14.6 Å². The van der Waals surface area contributed by atoms with Crippen LogP contribution < -0.4 is 10.1 Å². The zero-order valence-corrected chi connectivity index (χ0v) is 19.5. The lowest BCUT2D eigenvalue weighted by Crippen LogP contribution is -2.15. The first-order chi connectivity index (χ1) is 16.3. The van der Waals surface area contributed by atoms with Crippen molar-refractivity contribution < 1.29 is 28.6 Å². The maximum absolute atomic E-state index is 12.4. The second-order valence-electron chi connectivity index (χ2n) is 6.68. The molecule has 3 aromatic rings. The van der Waals surface area contributed by atoms with Crippen molar-refractivity contribution in [2.75, 3.05) is 19.5 Å². The van der Waals surface area contributed by atoms with Crippen LogP contribution in [0.4, 0.5) is 5.69 Å². The summed E-state index contributed by atoms with van der Waals surface area (Å²) in [6.07, 6.45) is 2.80. The summed E-state index contributed by atoms with van der Waals surface area (Å²) >= 11 is 11.8. The Balaban J connectivity index is 1.65. The summed E-state index contributed by atoms with van der Waals surface area (Å²) in [5.41, 5.74) is 1.14. The van der Waals surface area contributed by atoms with Gasteiger partial charge in [-0.3, -0.25) is 4.79 Å². The van der Waals surface area contributed by atoms with E-state index in [-0.39, 0.29) is 16.5 Å². The second-order valence-corrected chi connectivity index (χ2v) is 7.49. The van der Waals surface area contributed by atoms with Crippen molar-refractivity contribution in [1.29, 1.82) is 0 Å². The lowest BCUT2D eigenvalue weighted by atomic mass is 10.1. The number of nitrogens with one attached hydrogen (secondary N) is 1. The van der Waals surface area contributed by atoms with Crippen molar-refractivity contribution in [3.05, 3.63) is 87.5 Å². The molecule has 0 fully saturated rings. The zero-order chi connectivity index (χ0) is 24.7. The predicted molar refractivity (Wildman–Crippen MR) is 127 cm³/mol. The van der Waals surface area contributed by atoms with Crippen LogP contribution in [0.25, 0.3) is 6.08 Å². The number of pyridine rings is 1. The number of esters is 2. The van der Waals surface area contributed by atoms with Gasteiger partial charge in [-0.05, 0) is 48.0 Å². The molecule has 1 N–H and O–H groups in total. The quantitative estimate of drug-likeness (QED) is 0.206. The molecule has 1 aromatic heterocycles. The number of hydrogen-bond acceptors (Lipinski definition) is 7. The summed E-state index contributed by atoms with van der Waals surface area (Å²) < 4.78 is 14.9. The number of rotatable bonds is 7. The molecule has 174 valence electrons. The van der Waals surface area contributed by atoms with Gasteiger partial charge in [-0.15, -0.1) is 0 Å². The van der Waals surface area contributed by atoms with Gasteiger partial charge in [0.2, 0.25) is 5.88 Å². The molecular weight excluding hydrogens is 483 g/mol. The third-order valence-electron chi connectivity index (χ3n) is 4.40. The van der Waals surface area contributed by atoms with E-state index < -0.39 is 11.9 Å². The van der Waals surface area contributed by atoms with Crippen LogP contribution in [0.2, 0.25) is 10.0 Å². The largest absolute Gasteiger partial charge is 0.465 e. The third kappa shape index (κ3) is 6.34. The lowest BCUT2D eigenvalue weighted by Gasteiger charge is -2.08. The average Bonchev–Trinajstić information content (AvgIpc) is 2.85. The van der Waals surface area contributed by atoms with Crippen molar-refractivity contribution in [3.63, 3.8) is 0 Å². The summed E-state index contributed by atoms with van der Waals surface area (Å²) in [5, 5.41) is 3.35.